The van der Waals surface area contributed by atoms with Crippen molar-refractivity contribution in [2.24, 2.45) is 5.92 Å². The van der Waals surface area contributed by atoms with Crippen molar-refractivity contribution in [3.05, 3.63) is 0 Å². The molecule has 0 saturated heterocycles. The summed E-state index contributed by atoms with van der Waals surface area (Å²) in [5, 5.41) is 0. The molecule has 0 aromatic carbocycles. The fourth-order valence-electron chi connectivity index (χ4n) is 1.24. The Labute approximate surface area is 102 Å². The Morgan fingerprint density at radius 1 is 1.14 bits per heavy atom. The first-order valence-corrected chi connectivity index (χ1v) is 6.30. The van der Waals surface area contributed by atoms with Crippen LogP contribution in [-0.4, -0.2) is 17.0 Å². The molecule has 0 fully saturated rings. The summed E-state index contributed by atoms with van der Waals surface area (Å²) in [6.45, 7) is 5.32. The molecule has 0 saturated carbocycles. The number of rotatable bonds is 7. The molecule has 0 aromatic rings. The minimum absolute atomic E-state index is 0.0130. The highest BCUT2D eigenvalue weighted by Crippen LogP contribution is 2.38. The Bertz CT molecular complexity index is 134. The molecule has 0 radical (unpaired) electrons. The van der Waals surface area contributed by atoms with E-state index in [1.54, 1.807) is 0 Å². The van der Waals surface area contributed by atoms with Crippen molar-refractivity contribution in [3.8, 4) is 0 Å². The Morgan fingerprint density at radius 2 is 1.79 bits per heavy atom. The molecule has 0 aliphatic carbocycles. The van der Waals surface area contributed by atoms with Gasteiger partial charge in [0.25, 0.3) is 0 Å². The lowest BCUT2D eigenvalue weighted by Gasteiger charge is -2.23. The van der Waals surface area contributed by atoms with Gasteiger partial charge < -0.3 is 4.74 Å². The van der Waals surface area contributed by atoms with Gasteiger partial charge in [0.15, 0.2) is 3.79 Å². The zero-order valence-electron chi connectivity index (χ0n) is 8.86. The normalized spacial score (nSPS) is 14.4. The van der Waals surface area contributed by atoms with Gasteiger partial charge in [0, 0.05) is 12.5 Å². The monoisotopic (exact) mass is 260 g/mol. The van der Waals surface area contributed by atoms with Crippen LogP contribution in [0.3, 0.4) is 0 Å². The van der Waals surface area contributed by atoms with Crippen LogP contribution in [0.4, 0.5) is 0 Å². The second kappa shape index (κ2) is 8.04. The highest BCUT2D eigenvalue weighted by atomic mass is 35.6. The van der Waals surface area contributed by atoms with Crippen LogP contribution in [-0.2, 0) is 4.74 Å². The first-order chi connectivity index (χ1) is 6.52. The maximum atomic E-state index is 5.86. The number of ether oxygens (including phenoxy) is 1. The molecular weight excluding hydrogens is 242 g/mol. The Morgan fingerprint density at radius 3 is 2.21 bits per heavy atom. The standard InChI is InChI=1S/C10H19Cl3O/c1-3-5-6-7-9(8-14-4-2)10(11,12)13/h9H,3-8H2,1-2H3. The SMILES string of the molecule is CCCCCC(COCC)C(Cl)(Cl)Cl. The summed E-state index contributed by atoms with van der Waals surface area (Å²) in [6, 6.07) is 0. The van der Waals surface area contributed by atoms with E-state index in [1.165, 1.54) is 12.8 Å². The van der Waals surface area contributed by atoms with Gasteiger partial charge in [0.1, 0.15) is 0 Å². The molecule has 0 amide bonds. The predicted molar refractivity (Wildman–Crippen MR) is 64.4 cm³/mol. The number of hydrogen-bond acceptors (Lipinski definition) is 1. The summed E-state index contributed by atoms with van der Waals surface area (Å²) in [5.74, 6) is 0.0130. The maximum Gasteiger partial charge on any atom is 0.195 e. The zero-order valence-corrected chi connectivity index (χ0v) is 11.1. The lowest BCUT2D eigenvalue weighted by atomic mass is 10.0. The predicted octanol–water partition coefficient (Wildman–Crippen LogP) is 4.59. The first kappa shape index (κ1) is 14.8. The van der Waals surface area contributed by atoms with E-state index in [9.17, 15) is 0 Å². The van der Waals surface area contributed by atoms with Gasteiger partial charge in [-0.1, -0.05) is 61.0 Å². The summed E-state index contributed by atoms with van der Waals surface area (Å²) in [5.41, 5.74) is 0. The van der Waals surface area contributed by atoms with Crippen molar-refractivity contribution in [3.63, 3.8) is 0 Å². The number of hydrogen-bond donors (Lipinski definition) is 0. The van der Waals surface area contributed by atoms with Gasteiger partial charge >= 0.3 is 0 Å². The quantitative estimate of drug-likeness (QED) is 0.481. The smallest absolute Gasteiger partial charge is 0.195 e. The molecule has 1 unspecified atom stereocenters. The molecular formula is C10H19Cl3O. The van der Waals surface area contributed by atoms with E-state index in [1.807, 2.05) is 6.92 Å². The van der Waals surface area contributed by atoms with E-state index in [4.69, 9.17) is 39.5 Å². The van der Waals surface area contributed by atoms with Gasteiger partial charge in [-0.05, 0) is 13.3 Å². The summed E-state index contributed by atoms with van der Waals surface area (Å²) >= 11 is 17.6. The van der Waals surface area contributed by atoms with E-state index in [-0.39, 0.29) is 5.92 Å². The molecule has 86 valence electrons. The molecule has 0 aliphatic heterocycles. The van der Waals surface area contributed by atoms with Crippen molar-refractivity contribution in [1.82, 2.24) is 0 Å². The van der Waals surface area contributed by atoms with E-state index in [0.29, 0.717) is 13.2 Å². The molecule has 0 N–H and O–H groups in total. The van der Waals surface area contributed by atoms with E-state index in [0.717, 1.165) is 12.8 Å². The lowest BCUT2D eigenvalue weighted by Crippen LogP contribution is -2.24. The lowest BCUT2D eigenvalue weighted by molar-refractivity contribution is 0.107. The van der Waals surface area contributed by atoms with Crippen LogP contribution in [0.1, 0.15) is 39.5 Å². The van der Waals surface area contributed by atoms with Gasteiger partial charge in [-0.2, -0.15) is 0 Å². The summed E-state index contributed by atoms with van der Waals surface area (Å²) < 4.78 is 4.11. The largest absolute Gasteiger partial charge is 0.381 e. The highest BCUT2D eigenvalue weighted by molar-refractivity contribution is 6.67. The van der Waals surface area contributed by atoms with Crippen molar-refractivity contribution >= 4 is 34.8 Å². The molecule has 0 aromatic heterocycles. The molecule has 1 atom stereocenters. The average molecular weight is 262 g/mol. The van der Waals surface area contributed by atoms with Crippen LogP contribution in [0.2, 0.25) is 0 Å². The molecule has 0 bridgehead atoms. The maximum absolute atomic E-state index is 5.86. The van der Waals surface area contributed by atoms with Crippen LogP contribution in [0.25, 0.3) is 0 Å². The molecule has 0 aliphatic rings. The third-order valence-corrected chi connectivity index (χ3v) is 3.07. The van der Waals surface area contributed by atoms with Gasteiger partial charge in [-0.25, -0.2) is 0 Å². The Kier molecular flexibility index (Phi) is 8.51. The number of unbranched alkanes of at least 4 members (excludes halogenated alkanes) is 2. The second-order valence-electron chi connectivity index (χ2n) is 3.39. The summed E-state index contributed by atoms with van der Waals surface area (Å²) in [7, 11) is 0. The topological polar surface area (TPSA) is 9.23 Å². The van der Waals surface area contributed by atoms with E-state index in [2.05, 4.69) is 6.92 Å². The fraction of sp³-hybridized carbons (Fsp3) is 1.00. The van der Waals surface area contributed by atoms with E-state index >= 15 is 0 Å². The molecule has 14 heavy (non-hydrogen) atoms. The number of halogens is 3. The van der Waals surface area contributed by atoms with E-state index < -0.39 is 3.79 Å². The van der Waals surface area contributed by atoms with Gasteiger partial charge in [0.05, 0.1) is 6.61 Å². The van der Waals surface area contributed by atoms with Gasteiger partial charge in [-0.3, -0.25) is 0 Å². The van der Waals surface area contributed by atoms with Crippen LogP contribution in [0, 0.1) is 5.92 Å². The average Bonchev–Trinajstić information content (AvgIpc) is 2.09. The third-order valence-electron chi connectivity index (χ3n) is 2.14. The number of alkyl halides is 3. The Balaban J connectivity index is 3.85. The minimum atomic E-state index is -1.19. The third kappa shape index (κ3) is 7.17. The second-order valence-corrected chi connectivity index (χ2v) is 5.76. The van der Waals surface area contributed by atoms with Crippen molar-refractivity contribution in [2.45, 2.75) is 43.3 Å². The van der Waals surface area contributed by atoms with Gasteiger partial charge in [0.2, 0.25) is 0 Å². The molecule has 0 spiro atoms. The van der Waals surface area contributed by atoms with Crippen LogP contribution >= 0.6 is 34.8 Å². The fourth-order valence-corrected chi connectivity index (χ4v) is 1.76. The van der Waals surface area contributed by atoms with Crippen molar-refractivity contribution < 1.29 is 4.74 Å². The summed E-state index contributed by atoms with van der Waals surface area (Å²) in [6.07, 6.45) is 4.39. The Hall–Kier alpha value is 0.830. The van der Waals surface area contributed by atoms with Crippen LogP contribution < -0.4 is 0 Å². The zero-order chi connectivity index (χ0) is 11.0. The van der Waals surface area contributed by atoms with Crippen LogP contribution in [0.5, 0.6) is 0 Å². The first-order valence-electron chi connectivity index (χ1n) is 5.16. The van der Waals surface area contributed by atoms with Gasteiger partial charge in [-0.15, -0.1) is 0 Å². The van der Waals surface area contributed by atoms with Crippen molar-refractivity contribution in [1.29, 1.82) is 0 Å². The van der Waals surface area contributed by atoms with Crippen molar-refractivity contribution in [2.75, 3.05) is 13.2 Å². The molecule has 0 rings (SSSR count). The highest BCUT2D eigenvalue weighted by Gasteiger charge is 2.31. The summed E-state index contributed by atoms with van der Waals surface area (Å²) in [4.78, 5) is 0. The minimum Gasteiger partial charge on any atom is -0.381 e. The van der Waals surface area contributed by atoms with Crippen LogP contribution in [0.15, 0.2) is 0 Å². The molecule has 0 heterocycles. The molecule has 1 nitrogen and oxygen atoms in total. The molecule has 4 heteroatoms.